The predicted octanol–water partition coefficient (Wildman–Crippen LogP) is 4.81. The molecule has 4 rings (SSSR count). The van der Waals surface area contributed by atoms with Crippen molar-refractivity contribution in [1.82, 2.24) is 4.98 Å². The Kier molecular flexibility index (Phi) is 5.85. The summed E-state index contributed by atoms with van der Waals surface area (Å²) in [6.07, 6.45) is 4.55. The van der Waals surface area contributed by atoms with Crippen LogP contribution in [0.4, 0.5) is 0 Å². The van der Waals surface area contributed by atoms with Crippen molar-refractivity contribution in [2.24, 2.45) is 0 Å². The molecule has 2 aromatic carbocycles. The second-order valence-electron chi connectivity index (χ2n) is 7.20. The second kappa shape index (κ2) is 8.88. The van der Waals surface area contributed by atoms with E-state index in [2.05, 4.69) is 6.08 Å². The van der Waals surface area contributed by atoms with Gasteiger partial charge in [0.05, 0.1) is 31.0 Å². The van der Waals surface area contributed by atoms with E-state index in [1.54, 1.807) is 14.2 Å². The molecule has 0 saturated carbocycles. The van der Waals surface area contributed by atoms with Crippen molar-refractivity contribution in [2.75, 3.05) is 20.8 Å². The summed E-state index contributed by atoms with van der Waals surface area (Å²) in [5, 5.41) is 9.58. The number of allylic oxidation sites excluding steroid dienone is 1. The number of aromatic nitrogens is 1. The van der Waals surface area contributed by atoms with Gasteiger partial charge < -0.3 is 14.2 Å². The van der Waals surface area contributed by atoms with E-state index in [0.29, 0.717) is 17.1 Å². The van der Waals surface area contributed by atoms with Crippen molar-refractivity contribution >= 4 is 28.5 Å². The Hall–Kier alpha value is -3.85. The lowest BCUT2D eigenvalue weighted by atomic mass is 9.86. The first-order chi connectivity index (χ1) is 15.2. The number of hydrogen-bond acceptors (Lipinski definition) is 6. The minimum absolute atomic E-state index is 0.279. The van der Waals surface area contributed by atoms with Crippen LogP contribution in [0.25, 0.3) is 22.6 Å². The molecule has 1 aromatic heterocycles. The molecule has 0 unspecified atom stereocenters. The number of benzene rings is 2. The van der Waals surface area contributed by atoms with Gasteiger partial charge >= 0.3 is 5.97 Å². The number of carbonyl (C=O) groups excluding carboxylic acids is 1. The quantitative estimate of drug-likeness (QED) is 0.557. The molecule has 0 atom stereocenters. The average Bonchev–Trinajstić information content (AvgIpc) is 2.81. The summed E-state index contributed by atoms with van der Waals surface area (Å²) in [5.74, 6) is 0.837. The molecule has 6 heteroatoms. The van der Waals surface area contributed by atoms with Crippen LogP contribution in [0.5, 0.6) is 11.5 Å². The van der Waals surface area contributed by atoms with E-state index in [9.17, 15) is 4.79 Å². The maximum Gasteiger partial charge on any atom is 0.340 e. The van der Waals surface area contributed by atoms with Gasteiger partial charge in [-0.05, 0) is 60.2 Å². The topological polar surface area (TPSA) is 81.4 Å². The predicted molar refractivity (Wildman–Crippen MR) is 118 cm³/mol. The first kappa shape index (κ1) is 20.4. The van der Waals surface area contributed by atoms with Crippen molar-refractivity contribution < 1.29 is 19.0 Å². The third kappa shape index (κ3) is 3.95. The van der Waals surface area contributed by atoms with Gasteiger partial charge in [0.15, 0.2) is 18.1 Å². The summed E-state index contributed by atoms with van der Waals surface area (Å²) in [6, 6.07) is 15.2. The molecule has 0 spiro atoms. The van der Waals surface area contributed by atoms with Gasteiger partial charge in [0.2, 0.25) is 0 Å². The molecule has 1 aliphatic carbocycles. The number of nitriles is 1. The van der Waals surface area contributed by atoms with Crippen LogP contribution in [-0.2, 0) is 11.2 Å². The van der Waals surface area contributed by atoms with E-state index in [1.165, 1.54) is 0 Å². The van der Waals surface area contributed by atoms with Crippen LogP contribution in [0.2, 0.25) is 0 Å². The highest BCUT2D eigenvalue weighted by Gasteiger charge is 2.26. The first-order valence-corrected chi connectivity index (χ1v) is 10.0. The van der Waals surface area contributed by atoms with Crippen LogP contribution in [0, 0.1) is 11.3 Å². The summed E-state index contributed by atoms with van der Waals surface area (Å²) in [6.45, 7) is -0.279. The van der Waals surface area contributed by atoms with Crippen molar-refractivity contribution in [1.29, 1.82) is 5.26 Å². The largest absolute Gasteiger partial charge is 0.493 e. The SMILES string of the molecule is COc1ccc(C=C2CCCc3c2nc2ccccc2c3C(=O)OCC#N)cc1OC. The number of methoxy groups -OCH3 is 2. The summed E-state index contributed by atoms with van der Waals surface area (Å²) in [7, 11) is 3.22. The Morgan fingerprint density at radius 2 is 1.94 bits per heavy atom. The molecule has 156 valence electrons. The third-order valence-electron chi connectivity index (χ3n) is 5.39. The van der Waals surface area contributed by atoms with Gasteiger partial charge in [0, 0.05) is 5.39 Å². The summed E-state index contributed by atoms with van der Waals surface area (Å²) in [4.78, 5) is 17.8. The fraction of sp³-hybridized carbons (Fsp3) is 0.240. The van der Waals surface area contributed by atoms with Gasteiger partial charge in [-0.15, -0.1) is 0 Å². The Balaban J connectivity index is 1.87. The number of fused-ring (bicyclic) bond motifs is 2. The summed E-state index contributed by atoms with van der Waals surface area (Å²) >= 11 is 0. The fourth-order valence-corrected chi connectivity index (χ4v) is 4.02. The van der Waals surface area contributed by atoms with Crippen LogP contribution in [-0.4, -0.2) is 31.8 Å². The number of esters is 1. The molecule has 0 radical (unpaired) electrons. The van der Waals surface area contributed by atoms with Gasteiger partial charge in [0.25, 0.3) is 0 Å². The number of carbonyl (C=O) groups is 1. The number of ether oxygens (including phenoxy) is 3. The number of para-hydroxylation sites is 1. The molecular weight excluding hydrogens is 392 g/mol. The second-order valence-corrected chi connectivity index (χ2v) is 7.20. The van der Waals surface area contributed by atoms with Crippen LogP contribution >= 0.6 is 0 Å². The highest BCUT2D eigenvalue weighted by Crippen LogP contribution is 2.37. The molecule has 6 nitrogen and oxygen atoms in total. The van der Waals surface area contributed by atoms with E-state index < -0.39 is 5.97 Å². The minimum atomic E-state index is -0.483. The van der Waals surface area contributed by atoms with E-state index in [1.807, 2.05) is 48.5 Å². The van der Waals surface area contributed by atoms with Gasteiger partial charge in [-0.1, -0.05) is 24.3 Å². The average molecular weight is 414 g/mol. The fourth-order valence-electron chi connectivity index (χ4n) is 4.02. The number of pyridine rings is 1. The van der Waals surface area contributed by atoms with Crippen molar-refractivity contribution in [3.8, 4) is 17.6 Å². The van der Waals surface area contributed by atoms with Crippen molar-refractivity contribution in [3.05, 3.63) is 64.8 Å². The van der Waals surface area contributed by atoms with E-state index in [4.69, 9.17) is 24.5 Å². The molecular formula is C25H22N2O4. The van der Waals surface area contributed by atoms with Gasteiger partial charge in [0.1, 0.15) is 6.07 Å². The molecule has 0 saturated heterocycles. The van der Waals surface area contributed by atoms with E-state index in [0.717, 1.165) is 52.6 Å². The van der Waals surface area contributed by atoms with Crippen LogP contribution in [0.3, 0.4) is 0 Å². The van der Waals surface area contributed by atoms with Crippen LogP contribution in [0.15, 0.2) is 42.5 Å². The third-order valence-corrected chi connectivity index (χ3v) is 5.39. The zero-order valence-corrected chi connectivity index (χ0v) is 17.5. The lowest BCUT2D eigenvalue weighted by Crippen LogP contribution is -2.15. The number of hydrogen-bond donors (Lipinski definition) is 0. The van der Waals surface area contributed by atoms with Crippen molar-refractivity contribution in [3.63, 3.8) is 0 Å². The Labute approximate surface area is 180 Å². The standard InChI is InChI=1S/C25H22N2O4/c1-29-21-11-10-16(15-22(21)30-2)14-17-6-5-8-19-23(25(28)31-13-12-26)18-7-3-4-9-20(18)27-24(17)19/h3-4,7,9-11,14-15H,5-6,8,13H2,1-2H3. The lowest BCUT2D eigenvalue weighted by molar-refractivity contribution is 0.0556. The van der Waals surface area contributed by atoms with E-state index >= 15 is 0 Å². The minimum Gasteiger partial charge on any atom is -0.493 e. The van der Waals surface area contributed by atoms with Gasteiger partial charge in [-0.25, -0.2) is 9.78 Å². The molecule has 31 heavy (non-hydrogen) atoms. The highest BCUT2D eigenvalue weighted by atomic mass is 16.5. The Morgan fingerprint density at radius 1 is 1.13 bits per heavy atom. The highest BCUT2D eigenvalue weighted by molar-refractivity contribution is 6.06. The number of rotatable bonds is 5. The first-order valence-electron chi connectivity index (χ1n) is 10.0. The monoisotopic (exact) mass is 414 g/mol. The molecule has 1 heterocycles. The van der Waals surface area contributed by atoms with Crippen LogP contribution < -0.4 is 9.47 Å². The Morgan fingerprint density at radius 3 is 2.71 bits per heavy atom. The lowest BCUT2D eigenvalue weighted by Gasteiger charge is -2.22. The maximum atomic E-state index is 12.9. The van der Waals surface area contributed by atoms with Gasteiger partial charge in [-0.2, -0.15) is 5.26 Å². The zero-order chi connectivity index (χ0) is 21.8. The summed E-state index contributed by atoms with van der Waals surface area (Å²) < 4.78 is 15.9. The maximum absolute atomic E-state index is 12.9. The normalized spacial score (nSPS) is 14.0. The molecule has 0 aliphatic heterocycles. The number of nitrogens with zero attached hydrogens (tertiary/aromatic N) is 2. The molecule has 0 fully saturated rings. The molecule has 0 amide bonds. The van der Waals surface area contributed by atoms with Crippen molar-refractivity contribution in [2.45, 2.75) is 19.3 Å². The smallest absolute Gasteiger partial charge is 0.340 e. The molecule has 0 N–H and O–H groups in total. The Bertz CT molecular complexity index is 1220. The summed E-state index contributed by atoms with van der Waals surface area (Å²) in [5.41, 5.74) is 4.93. The van der Waals surface area contributed by atoms with Gasteiger partial charge in [-0.3, -0.25) is 0 Å². The van der Waals surface area contributed by atoms with E-state index in [-0.39, 0.29) is 6.61 Å². The molecule has 1 aliphatic rings. The molecule has 3 aromatic rings. The van der Waals surface area contributed by atoms with Crippen LogP contribution in [0.1, 0.15) is 40.0 Å². The zero-order valence-electron chi connectivity index (χ0n) is 17.5. The molecule has 0 bridgehead atoms.